The van der Waals surface area contributed by atoms with Gasteiger partial charge in [0, 0.05) is 18.1 Å². The summed E-state index contributed by atoms with van der Waals surface area (Å²) in [5, 5.41) is 29.5. The number of halogens is 1. The van der Waals surface area contributed by atoms with Gasteiger partial charge in [-0.1, -0.05) is 0 Å². The molecule has 0 radical (unpaired) electrons. The number of benzene rings is 1. The monoisotopic (exact) mass is 227 g/mol. The van der Waals surface area contributed by atoms with E-state index in [0.29, 0.717) is 18.9 Å². The second-order valence-corrected chi connectivity index (χ2v) is 4.09. The molecule has 16 heavy (non-hydrogen) atoms. The van der Waals surface area contributed by atoms with Crippen molar-refractivity contribution >= 4 is 5.69 Å². The molecular weight excluding hydrogens is 217 g/mol. The lowest BCUT2D eigenvalue weighted by molar-refractivity contribution is -0.385. The van der Waals surface area contributed by atoms with Gasteiger partial charge in [0.05, 0.1) is 16.6 Å². The maximum absolute atomic E-state index is 13.2. The van der Waals surface area contributed by atoms with E-state index in [2.05, 4.69) is 0 Å². The number of nitro groups is 1. The van der Waals surface area contributed by atoms with E-state index in [1.807, 2.05) is 0 Å². The fourth-order valence-corrected chi connectivity index (χ4v) is 1.56. The second-order valence-electron chi connectivity index (χ2n) is 4.09. The van der Waals surface area contributed by atoms with Gasteiger partial charge in [-0.05, 0) is 12.8 Å². The lowest BCUT2D eigenvalue weighted by atomic mass is 10.0. The Morgan fingerprint density at radius 2 is 2.12 bits per heavy atom. The van der Waals surface area contributed by atoms with E-state index >= 15 is 0 Å². The topological polar surface area (TPSA) is 83.6 Å². The number of non-ortho nitro benzene ring substituents is 1. The molecule has 6 heteroatoms. The van der Waals surface area contributed by atoms with Gasteiger partial charge in [-0.2, -0.15) is 0 Å². The molecule has 2 N–H and O–H groups in total. The third-order valence-electron chi connectivity index (χ3n) is 2.68. The van der Waals surface area contributed by atoms with Gasteiger partial charge >= 0.3 is 0 Å². The lowest BCUT2D eigenvalue weighted by Gasteiger charge is -2.09. The largest absolute Gasteiger partial charge is 0.505 e. The SMILES string of the molecule is O=[N+]([O-])c1cc(F)c(O)c(CC2(O)CC2)c1. The molecule has 1 aliphatic rings. The van der Waals surface area contributed by atoms with Crippen molar-refractivity contribution in [1.82, 2.24) is 0 Å². The van der Waals surface area contributed by atoms with Gasteiger partial charge < -0.3 is 10.2 Å². The minimum Gasteiger partial charge on any atom is -0.505 e. The first-order chi connectivity index (χ1) is 7.41. The Hall–Kier alpha value is -1.69. The average Bonchev–Trinajstić information content (AvgIpc) is 2.91. The Bertz CT molecular complexity index is 456. The summed E-state index contributed by atoms with van der Waals surface area (Å²) in [6.07, 6.45) is 1.17. The highest BCUT2D eigenvalue weighted by Crippen LogP contribution is 2.41. The van der Waals surface area contributed by atoms with Crippen LogP contribution in [0.4, 0.5) is 10.1 Å². The number of hydrogen-bond acceptors (Lipinski definition) is 4. The molecule has 0 aromatic heterocycles. The summed E-state index contributed by atoms with van der Waals surface area (Å²) in [6, 6.07) is 1.75. The molecule has 1 aliphatic carbocycles. The van der Waals surface area contributed by atoms with Gasteiger partial charge in [0.2, 0.25) is 0 Å². The number of phenolic OH excluding ortho intramolecular Hbond substituents is 1. The van der Waals surface area contributed by atoms with Crippen LogP contribution in [0.2, 0.25) is 0 Å². The Morgan fingerprint density at radius 3 is 2.62 bits per heavy atom. The third-order valence-corrected chi connectivity index (χ3v) is 2.68. The van der Waals surface area contributed by atoms with Gasteiger partial charge in [-0.25, -0.2) is 4.39 Å². The zero-order chi connectivity index (χ0) is 11.9. The van der Waals surface area contributed by atoms with Crippen molar-refractivity contribution in [2.75, 3.05) is 0 Å². The number of nitrogens with zero attached hydrogens (tertiary/aromatic N) is 1. The van der Waals surface area contributed by atoms with E-state index in [1.165, 1.54) is 0 Å². The Balaban J connectivity index is 2.38. The first kappa shape index (κ1) is 10.8. The number of rotatable bonds is 3. The first-order valence-electron chi connectivity index (χ1n) is 4.79. The van der Waals surface area contributed by atoms with E-state index in [1.54, 1.807) is 0 Å². The van der Waals surface area contributed by atoms with Crippen molar-refractivity contribution in [3.63, 3.8) is 0 Å². The van der Waals surface area contributed by atoms with Crippen molar-refractivity contribution in [3.8, 4) is 5.75 Å². The Labute approximate surface area is 90.3 Å². The van der Waals surface area contributed by atoms with E-state index < -0.39 is 27.8 Å². The van der Waals surface area contributed by atoms with Crippen LogP contribution in [0, 0.1) is 15.9 Å². The van der Waals surface area contributed by atoms with Crippen LogP contribution in [0.1, 0.15) is 18.4 Å². The van der Waals surface area contributed by atoms with Crippen LogP contribution >= 0.6 is 0 Å². The average molecular weight is 227 g/mol. The van der Waals surface area contributed by atoms with Gasteiger partial charge in [0.15, 0.2) is 11.6 Å². The van der Waals surface area contributed by atoms with Crippen LogP contribution in [0.3, 0.4) is 0 Å². The molecule has 1 fully saturated rings. The molecule has 0 atom stereocenters. The summed E-state index contributed by atoms with van der Waals surface area (Å²) in [6.45, 7) is 0. The molecule has 86 valence electrons. The molecular formula is C10H10FNO4. The second kappa shape index (κ2) is 3.41. The minimum atomic E-state index is -1.03. The van der Waals surface area contributed by atoms with Crippen LogP contribution in [-0.2, 0) is 6.42 Å². The molecule has 0 heterocycles. The zero-order valence-electron chi connectivity index (χ0n) is 8.31. The summed E-state index contributed by atoms with van der Waals surface area (Å²) in [7, 11) is 0. The normalized spacial score (nSPS) is 17.1. The number of hydrogen-bond donors (Lipinski definition) is 2. The first-order valence-corrected chi connectivity index (χ1v) is 4.79. The van der Waals surface area contributed by atoms with E-state index in [9.17, 15) is 24.7 Å². The van der Waals surface area contributed by atoms with E-state index in [-0.39, 0.29) is 12.0 Å². The molecule has 1 aromatic carbocycles. The molecule has 0 bridgehead atoms. The van der Waals surface area contributed by atoms with Crippen molar-refractivity contribution in [1.29, 1.82) is 0 Å². The van der Waals surface area contributed by atoms with E-state index in [0.717, 1.165) is 6.07 Å². The smallest absolute Gasteiger partial charge is 0.272 e. The number of aromatic hydroxyl groups is 1. The highest BCUT2D eigenvalue weighted by atomic mass is 19.1. The van der Waals surface area contributed by atoms with Crippen LogP contribution in [0.15, 0.2) is 12.1 Å². The zero-order valence-corrected chi connectivity index (χ0v) is 8.31. The number of aliphatic hydroxyl groups is 1. The highest BCUT2D eigenvalue weighted by Gasteiger charge is 2.41. The maximum atomic E-state index is 13.2. The fourth-order valence-electron chi connectivity index (χ4n) is 1.56. The summed E-state index contributed by atoms with van der Waals surface area (Å²) in [5.41, 5.74) is -1.28. The molecule has 0 amide bonds. The molecule has 1 aromatic rings. The summed E-state index contributed by atoms with van der Waals surface area (Å²) in [5.74, 6) is -1.65. The molecule has 0 unspecified atom stereocenters. The van der Waals surface area contributed by atoms with Crippen molar-refractivity contribution in [2.45, 2.75) is 24.9 Å². The predicted molar refractivity (Wildman–Crippen MR) is 52.6 cm³/mol. The summed E-state index contributed by atoms with van der Waals surface area (Å²) < 4.78 is 13.2. The third kappa shape index (κ3) is 1.96. The van der Waals surface area contributed by atoms with Crippen molar-refractivity contribution in [3.05, 3.63) is 33.6 Å². The van der Waals surface area contributed by atoms with Gasteiger partial charge in [0.25, 0.3) is 5.69 Å². The maximum Gasteiger partial charge on any atom is 0.272 e. The molecule has 0 spiro atoms. The number of nitro benzene ring substituents is 1. The molecule has 0 aliphatic heterocycles. The predicted octanol–water partition coefficient (Wildman–Crippen LogP) is 1.51. The quantitative estimate of drug-likeness (QED) is 0.605. The Kier molecular flexibility index (Phi) is 2.31. The van der Waals surface area contributed by atoms with Crippen molar-refractivity contribution in [2.24, 2.45) is 0 Å². The summed E-state index contributed by atoms with van der Waals surface area (Å²) >= 11 is 0. The highest BCUT2D eigenvalue weighted by molar-refractivity contribution is 5.45. The fraction of sp³-hybridized carbons (Fsp3) is 0.400. The molecule has 5 nitrogen and oxygen atoms in total. The van der Waals surface area contributed by atoms with Crippen molar-refractivity contribution < 1.29 is 19.5 Å². The number of phenols is 1. The van der Waals surface area contributed by atoms with Crippen LogP contribution in [-0.4, -0.2) is 20.7 Å². The summed E-state index contributed by atoms with van der Waals surface area (Å²) in [4.78, 5) is 9.76. The van der Waals surface area contributed by atoms with Crippen LogP contribution in [0.5, 0.6) is 5.75 Å². The van der Waals surface area contributed by atoms with Gasteiger partial charge in [-0.15, -0.1) is 0 Å². The lowest BCUT2D eigenvalue weighted by Crippen LogP contribution is -2.11. The standard InChI is InChI=1S/C10H10FNO4/c11-8-4-7(12(15)16)3-6(9(8)13)5-10(14)1-2-10/h3-4,13-14H,1-2,5H2. The van der Waals surface area contributed by atoms with Gasteiger partial charge in [-0.3, -0.25) is 10.1 Å². The Morgan fingerprint density at radius 1 is 1.50 bits per heavy atom. The molecule has 1 saturated carbocycles. The minimum absolute atomic E-state index is 0.0391. The van der Waals surface area contributed by atoms with Gasteiger partial charge in [0.1, 0.15) is 0 Å². The molecule has 2 rings (SSSR count). The van der Waals surface area contributed by atoms with Crippen LogP contribution in [0.25, 0.3) is 0 Å². The molecule has 0 saturated heterocycles. The van der Waals surface area contributed by atoms with Crippen LogP contribution < -0.4 is 0 Å². The van der Waals surface area contributed by atoms with E-state index in [4.69, 9.17) is 0 Å².